The van der Waals surface area contributed by atoms with Crippen molar-refractivity contribution < 1.29 is 9.59 Å². The maximum absolute atomic E-state index is 12.2. The van der Waals surface area contributed by atoms with Gasteiger partial charge in [-0.3, -0.25) is 9.59 Å². The van der Waals surface area contributed by atoms with Crippen molar-refractivity contribution in [2.45, 2.75) is 13.0 Å². The Morgan fingerprint density at radius 1 is 1.50 bits per heavy atom. The molecule has 1 atom stereocenters. The average Bonchev–Trinajstić information content (AvgIpc) is 2.41. The van der Waals surface area contributed by atoms with E-state index >= 15 is 0 Å². The Balaban J connectivity index is 2.16. The third kappa shape index (κ3) is 2.24. The van der Waals surface area contributed by atoms with Crippen LogP contribution in [-0.2, 0) is 4.79 Å². The highest BCUT2D eigenvalue weighted by Gasteiger charge is 2.30. The van der Waals surface area contributed by atoms with Crippen LogP contribution >= 0.6 is 0 Å². The molecule has 0 saturated carbocycles. The first-order valence-electron chi connectivity index (χ1n) is 5.73. The molecule has 96 valence electrons. The fourth-order valence-corrected chi connectivity index (χ4v) is 1.79. The maximum Gasteiger partial charge on any atom is 0.275 e. The van der Waals surface area contributed by atoms with Crippen molar-refractivity contribution in [1.82, 2.24) is 20.4 Å². The lowest BCUT2D eigenvalue weighted by Crippen LogP contribution is -2.56. The number of nitrogens with zero attached hydrogens (tertiary/aromatic N) is 3. The molecule has 0 aliphatic carbocycles. The number of piperazine rings is 1. The number of anilines is 1. The summed E-state index contributed by atoms with van der Waals surface area (Å²) >= 11 is 0. The van der Waals surface area contributed by atoms with E-state index in [-0.39, 0.29) is 17.5 Å². The van der Waals surface area contributed by atoms with Gasteiger partial charge in [-0.15, -0.1) is 10.2 Å². The lowest BCUT2D eigenvalue weighted by molar-refractivity contribution is -0.127. The van der Waals surface area contributed by atoms with Gasteiger partial charge in [0, 0.05) is 20.1 Å². The third-order valence-corrected chi connectivity index (χ3v) is 2.90. The van der Waals surface area contributed by atoms with Crippen molar-refractivity contribution >= 4 is 17.6 Å². The lowest BCUT2D eigenvalue weighted by atomic mass is 10.2. The summed E-state index contributed by atoms with van der Waals surface area (Å²) in [7, 11) is 1.72. The molecular weight excluding hydrogens is 234 g/mol. The molecule has 2 N–H and O–H groups in total. The molecule has 1 aromatic heterocycles. The van der Waals surface area contributed by atoms with Crippen LogP contribution in [0.4, 0.5) is 5.82 Å². The van der Waals surface area contributed by atoms with E-state index in [2.05, 4.69) is 20.8 Å². The predicted molar refractivity (Wildman–Crippen MR) is 65.1 cm³/mol. The molecule has 7 nitrogen and oxygen atoms in total. The van der Waals surface area contributed by atoms with Gasteiger partial charge in [0.15, 0.2) is 5.69 Å². The SMILES string of the molecule is CNc1ccc(C(=O)N2CCNC(=O)C2C)nn1. The van der Waals surface area contributed by atoms with Crippen molar-refractivity contribution in [2.24, 2.45) is 0 Å². The van der Waals surface area contributed by atoms with Crippen molar-refractivity contribution in [1.29, 1.82) is 0 Å². The van der Waals surface area contributed by atoms with E-state index in [0.29, 0.717) is 18.9 Å². The zero-order chi connectivity index (χ0) is 13.1. The number of carbonyl (C=O) groups excluding carboxylic acids is 2. The summed E-state index contributed by atoms with van der Waals surface area (Å²) in [6.45, 7) is 2.65. The summed E-state index contributed by atoms with van der Waals surface area (Å²) in [5.74, 6) is 0.179. The van der Waals surface area contributed by atoms with Crippen molar-refractivity contribution in [3.05, 3.63) is 17.8 Å². The largest absolute Gasteiger partial charge is 0.372 e. The second-order valence-corrected chi connectivity index (χ2v) is 4.02. The Bertz CT molecular complexity index is 459. The Morgan fingerprint density at radius 3 is 2.89 bits per heavy atom. The van der Waals surface area contributed by atoms with Crippen LogP contribution in [0.25, 0.3) is 0 Å². The Hall–Kier alpha value is -2.18. The molecule has 18 heavy (non-hydrogen) atoms. The second kappa shape index (κ2) is 4.99. The van der Waals surface area contributed by atoms with Crippen LogP contribution in [0.5, 0.6) is 0 Å². The highest BCUT2D eigenvalue weighted by molar-refractivity contribution is 5.96. The number of carbonyl (C=O) groups is 2. The Labute approximate surface area is 105 Å². The number of hydrogen-bond donors (Lipinski definition) is 2. The van der Waals surface area contributed by atoms with E-state index in [1.165, 1.54) is 4.90 Å². The molecule has 0 bridgehead atoms. The number of rotatable bonds is 2. The first-order valence-corrected chi connectivity index (χ1v) is 5.73. The van der Waals surface area contributed by atoms with Crippen molar-refractivity contribution in [3.63, 3.8) is 0 Å². The van der Waals surface area contributed by atoms with Crippen LogP contribution in [0.3, 0.4) is 0 Å². The van der Waals surface area contributed by atoms with E-state index in [1.807, 2.05) is 0 Å². The molecule has 7 heteroatoms. The summed E-state index contributed by atoms with van der Waals surface area (Å²) in [6, 6.07) is 2.80. The molecule has 0 spiro atoms. The van der Waals surface area contributed by atoms with Crippen LogP contribution in [0, 0.1) is 0 Å². The van der Waals surface area contributed by atoms with Gasteiger partial charge in [0.05, 0.1) is 0 Å². The zero-order valence-electron chi connectivity index (χ0n) is 10.3. The first-order chi connectivity index (χ1) is 8.63. The number of aromatic nitrogens is 2. The smallest absolute Gasteiger partial charge is 0.275 e. The summed E-state index contributed by atoms with van der Waals surface area (Å²) in [5, 5.41) is 13.2. The molecule has 1 aromatic rings. The van der Waals surface area contributed by atoms with Gasteiger partial charge in [0.1, 0.15) is 11.9 Å². The fourth-order valence-electron chi connectivity index (χ4n) is 1.79. The molecule has 0 radical (unpaired) electrons. The molecule has 1 saturated heterocycles. The monoisotopic (exact) mass is 249 g/mol. The standard InChI is InChI=1S/C11H15N5O2/c1-7-10(17)13-5-6-16(7)11(18)8-3-4-9(12-2)15-14-8/h3-4,7H,5-6H2,1-2H3,(H,12,15)(H,13,17). The highest BCUT2D eigenvalue weighted by Crippen LogP contribution is 2.10. The van der Waals surface area contributed by atoms with Crippen LogP contribution in [0.15, 0.2) is 12.1 Å². The summed E-state index contributed by atoms with van der Waals surface area (Å²) in [5.41, 5.74) is 0.246. The summed E-state index contributed by atoms with van der Waals surface area (Å²) < 4.78 is 0. The number of amides is 2. The van der Waals surface area contributed by atoms with Gasteiger partial charge in [0.25, 0.3) is 5.91 Å². The van der Waals surface area contributed by atoms with Gasteiger partial charge in [-0.25, -0.2) is 0 Å². The van der Waals surface area contributed by atoms with Gasteiger partial charge in [-0.2, -0.15) is 0 Å². The Morgan fingerprint density at radius 2 is 2.28 bits per heavy atom. The number of hydrogen-bond acceptors (Lipinski definition) is 5. The summed E-state index contributed by atoms with van der Waals surface area (Å²) in [6.07, 6.45) is 0. The van der Waals surface area contributed by atoms with Crippen LogP contribution in [0.1, 0.15) is 17.4 Å². The fraction of sp³-hybridized carbons (Fsp3) is 0.455. The normalized spacial score (nSPS) is 19.3. The summed E-state index contributed by atoms with van der Waals surface area (Å²) in [4.78, 5) is 25.2. The van der Waals surface area contributed by atoms with E-state index < -0.39 is 6.04 Å². The zero-order valence-corrected chi connectivity index (χ0v) is 10.3. The minimum Gasteiger partial charge on any atom is -0.372 e. The van der Waals surface area contributed by atoms with Crippen molar-refractivity contribution in [3.8, 4) is 0 Å². The Kier molecular flexibility index (Phi) is 3.40. The van der Waals surface area contributed by atoms with Crippen LogP contribution < -0.4 is 10.6 Å². The molecule has 2 rings (SSSR count). The van der Waals surface area contributed by atoms with Gasteiger partial charge >= 0.3 is 0 Å². The molecule has 1 aliphatic rings. The molecule has 2 heterocycles. The van der Waals surface area contributed by atoms with E-state index in [0.717, 1.165) is 0 Å². The number of nitrogens with one attached hydrogen (secondary N) is 2. The van der Waals surface area contributed by atoms with Gasteiger partial charge in [-0.05, 0) is 19.1 Å². The van der Waals surface area contributed by atoms with Gasteiger partial charge in [0.2, 0.25) is 5.91 Å². The van der Waals surface area contributed by atoms with Gasteiger partial charge in [-0.1, -0.05) is 0 Å². The second-order valence-electron chi connectivity index (χ2n) is 4.02. The third-order valence-electron chi connectivity index (χ3n) is 2.90. The van der Waals surface area contributed by atoms with E-state index in [1.54, 1.807) is 26.1 Å². The minimum atomic E-state index is -0.475. The predicted octanol–water partition coefficient (Wildman–Crippen LogP) is -0.521. The van der Waals surface area contributed by atoms with Crippen LogP contribution in [0.2, 0.25) is 0 Å². The van der Waals surface area contributed by atoms with Gasteiger partial charge < -0.3 is 15.5 Å². The quantitative estimate of drug-likeness (QED) is 0.736. The molecule has 1 aliphatic heterocycles. The van der Waals surface area contributed by atoms with Crippen LogP contribution in [-0.4, -0.2) is 53.1 Å². The molecule has 1 unspecified atom stereocenters. The highest BCUT2D eigenvalue weighted by atomic mass is 16.2. The van der Waals surface area contributed by atoms with Crippen molar-refractivity contribution in [2.75, 3.05) is 25.5 Å². The molecule has 1 fully saturated rings. The average molecular weight is 249 g/mol. The minimum absolute atomic E-state index is 0.144. The topological polar surface area (TPSA) is 87.2 Å². The molecular formula is C11H15N5O2. The molecule has 0 aromatic carbocycles. The lowest BCUT2D eigenvalue weighted by Gasteiger charge is -2.32. The molecule has 2 amide bonds. The maximum atomic E-state index is 12.2. The van der Waals surface area contributed by atoms with E-state index in [9.17, 15) is 9.59 Å². The van der Waals surface area contributed by atoms with E-state index in [4.69, 9.17) is 0 Å². The first kappa shape index (κ1) is 12.3.